The van der Waals surface area contributed by atoms with Crippen molar-refractivity contribution in [3.05, 3.63) is 35.5 Å². The zero-order valence-corrected chi connectivity index (χ0v) is 22.0. The van der Waals surface area contributed by atoms with E-state index in [1.54, 1.807) is 5.57 Å². The van der Waals surface area contributed by atoms with Gasteiger partial charge in [0.15, 0.2) is 0 Å². The lowest BCUT2D eigenvalue weighted by atomic mass is 9.39. The molecule has 2 N–H and O–H groups in total. The summed E-state index contributed by atoms with van der Waals surface area (Å²) in [7, 11) is 0. The normalized spacial score (nSPS) is 48.4. The fourth-order valence-electron chi connectivity index (χ4n) is 8.90. The van der Waals surface area contributed by atoms with Gasteiger partial charge in [-0.1, -0.05) is 77.0 Å². The molecule has 0 unspecified atom stereocenters. The van der Waals surface area contributed by atoms with Crippen molar-refractivity contribution in [1.29, 1.82) is 0 Å². The van der Waals surface area contributed by atoms with Crippen molar-refractivity contribution in [2.24, 2.45) is 39.4 Å². The van der Waals surface area contributed by atoms with Gasteiger partial charge in [-0.05, 0) is 86.9 Å². The van der Waals surface area contributed by atoms with Crippen molar-refractivity contribution in [2.75, 3.05) is 0 Å². The molecule has 4 rings (SSSR count). The Hall–Kier alpha value is -0.860. The van der Waals surface area contributed by atoms with Gasteiger partial charge in [0, 0.05) is 11.3 Å². The van der Waals surface area contributed by atoms with Crippen molar-refractivity contribution < 1.29 is 10.2 Å². The molecule has 8 atom stereocenters. The molecule has 180 valence electrons. The number of fused-ring (bicyclic) bond motifs is 5. The fraction of sp³-hybridized carbons (Fsp3) is 0.800. The number of aliphatic hydroxyl groups excluding tert-OH is 1. The van der Waals surface area contributed by atoms with Crippen LogP contribution < -0.4 is 0 Å². The second kappa shape index (κ2) is 7.57. The van der Waals surface area contributed by atoms with Gasteiger partial charge in [0.1, 0.15) is 0 Å². The average Bonchev–Trinajstić information content (AvgIpc) is 2.98. The summed E-state index contributed by atoms with van der Waals surface area (Å²) in [6.07, 6.45) is 16.1. The van der Waals surface area contributed by atoms with E-state index in [-0.39, 0.29) is 33.7 Å². The Kier molecular flexibility index (Phi) is 5.74. The van der Waals surface area contributed by atoms with E-state index in [0.717, 1.165) is 44.9 Å². The Balaban J connectivity index is 1.67. The summed E-state index contributed by atoms with van der Waals surface area (Å²) >= 11 is 0. The van der Waals surface area contributed by atoms with Crippen LogP contribution in [0.5, 0.6) is 0 Å². The largest absolute Gasteiger partial charge is 0.393 e. The molecule has 4 aliphatic rings. The standard InChI is InChI=1S/C30H48O2/c1-20(2)10-9-11-21(3)27(6)16-14-22-23-12-13-24-26(4,5)25(31)15-17-29(24,8)30(23,32)19-18-28(22,27)7/h9-11,14,21,23-25,31-32H,12-13,15-19H2,1-8H3/t21-,23+,24+,25-,27+,28-,29+,30-/m1/s1. The topological polar surface area (TPSA) is 40.5 Å². The number of allylic oxidation sites excluding steroid dienone is 5. The SMILES string of the molecule is CC(C)=CC=C[C@@H](C)[C@]1(C)CC=C2[C@@H]3CC[C@H]4C(C)(C)[C@H](O)CC[C@]4(C)[C@@]3(O)CC[C@]21C. The molecule has 0 spiro atoms. The first kappa shape index (κ1) is 24.3. The quantitative estimate of drug-likeness (QED) is 0.359. The highest BCUT2D eigenvalue weighted by molar-refractivity contribution is 5.37. The van der Waals surface area contributed by atoms with Crippen LogP contribution in [0.2, 0.25) is 0 Å². The van der Waals surface area contributed by atoms with E-state index in [2.05, 4.69) is 79.7 Å². The van der Waals surface area contributed by atoms with Crippen molar-refractivity contribution in [2.45, 2.75) is 112 Å². The molecule has 0 aromatic rings. The van der Waals surface area contributed by atoms with Crippen LogP contribution in [0.4, 0.5) is 0 Å². The van der Waals surface area contributed by atoms with E-state index in [4.69, 9.17) is 0 Å². The van der Waals surface area contributed by atoms with Gasteiger partial charge in [-0.25, -0.2) is 0 Å². The Labute approximate surface area is 197 Å². The number of rotatable bonds is 3. The van der Waals surface area contributed by atoms with Gasteiger partial charge in [0.05, 0.1) is 11.7 Å². The van der Waals surface area contributed by atoms with E-state index in [1.807, 2.05) is 0 Å². The zero-order chi connectivity index (χ0) is 23.7. The predicted octanol–water partition coefficient (Wildman–Crippen LogP) is 7.23. The van der Waals surface area contributed by atoms with Crippen LogP contribution in [-0.2, 0) is 0 Å². The van der Waals surface area contributed by atoms with E-state index in [0.29, 0.717) is 11.8 Å². The summed E-state index contributed by atoms with van der Waals surface area (Å²) < 4.78 is 0. The molecule has 3 fully saturated rings. The average molecular weight is 441 g/mol. The fourth-order valence-corrected chi connectivity index (χ4v) is 8.90. The van der Waals surface area contributed by atoms with Gasteiger partial charge >= 0.3 is 0 Å². The Bertz CT molecular complexity index is 845. The zero-order valence-electron chi connectivity index (χ0n) is 22.0. The number of hydrogen-bond acceptors (Lipinski definition) is 2. The molecule has 2 heteroatoms. The molecule has 0 aliphatic heterocycles. The maximum absolute atomic E-state index is 12.5. The lowest BCUT2D eigenvalue weighted by molar-refractivity contribution is -0.242. The molecule has 0 amide bonds. The highest BCUT2D eigenvalue weighted by atomic mass is 16.3. The molecular formula is C30H48O2. The molecule has 0 radical (unpaired) electrons. The maximum Gasteiger partial charge on any atom is 0.0769 e. The van der Waals surface area contributed by atoms with Gasteiger partial charge in [-0.15, -0.1) is 0 Å². The summed E-state index contributed by atoms with van der Waals surface area (Å²) in [5.74, 6) is 1.13. The van der Waals surface area contributed by atoms with Gasteiger partial charge in [0.2, 0.25) is 0 Å². The number of hydrogen-bond donors (Lipinski definition) is 2. The van der Waals surface area contributed by atoms with E-state index >= 15 is 0 Å². The molecule has 0 saturated heterocycles. The molecule has 0 aromatic carbocycles. The predicted molar refractivity (Wildman–Crippen MR) is 134 cm³/mol. The van der Waals surface area contributed by atoms with Crippen molar-refractivity contribution in [3.8, 4) is 0 Å². The van der Waals surface area contributed by atoms with Crippen molar-refractivity contribution in [3.63, 3.8) is 0 Å². The third kappa shape index (κ3) is 3.04. The lowest BCUT2D eigenvalue weighted by Crippen LogP contribution is -2.67. The minimum absolute atomic E-state index is 0.116. The minimum atomic E-state index is -0.648. The van der Waals surface area contributed by atoms with E-state index in [9.17, 15) is 10.2 Å². The molecule has 2 nitrogen and oxygen atoms in total. The van der Waals surface area contributed by atoms with E-state index < -0.39 is 5.60 Å². The summed E-state index contributed by atoms with van der Waals surface area (Å²) in [6, 6.07) is 0. The molecule has 0 aromatic heterocycles. The first-order chi connectivity index (χ1) is 14.7. The Morgan fingerprint density at radius 1 is 1.03 bits per heavy atom. The summed E-state index contributed by atoms with van der Waals surface area (Å²) in [4.78, 5) is 0. The second-order valence-corrected chi connectivity index (χ2v) is 13.4. The third-order valence-corrected chi connectivity index (χ3v) is 11.6. The van der Waals surface area contributed by atoms with Crippen LogP contribution >= 0.6 is 0 Å². The van der Waals surface area contributed by atoms with Crippen molar-refractivity contribution >= 4 is 0 Å². The molecular weight excluding hydrogens is 392 g/mol. The van der Waals surface area contributed by atoms with Crippen LogP contribution in [0.15, 0.2) is 35.5 Å². The molecule has 32 heavy (non-hydrogen) atoms. The molecule has 0 heterocycles. The Morgan fingerprint density at radius 3 is 2.38 bits per heavy atom. The first-order valence-corrected chi connectivity index (χ1v) is 13.2. The first-order valence-electron chi connectivity index (χ1n) is 13.2. The smallest absolute Gasteiger partial charge is 0.0769 e. The minimum Gasteiger partial charge on any atom is -0.393 e. The lowest BCUT2D eigenvalue weighted by Gasteiger charge is -2.68. The monoisotopic (exact) mass is 440 g/mol. The van der Waals surface area contributed by atoms with Crippen LogP contribution in [0.3, 0.4) is 0 Å². The maximum atomic E-state index is 12.5. The van der Waals surface area contributed by atoms with Gasteiger partial charge < -0.3 is 10.2 Å². The Morgan fingerprint density at radius 2 is 1.72 bits per heavy atom. The molecule has 0 bridgehead atoms. The van der Waals surface area contributed by atoms with Crippen LogP contribution in [0.1, 0.15) is 100 Å². The highest BCUT2D eigenvalue weighted by Crippen LogP contribution is 2.72. The van der Waals surface area contributed by atoms with Gasteiger partial charge in [-0.3, -0.25) is 0 Å². The summed E-state index contributed by atoms with van der Waals surface area (Å²) in [5, 5.41) is 23.3. The van der Waals surface area contributed by atoms with Crippen LogP contribution in [0.25, 0.3) is 0 Å². The second-order valence-electron chi connectivity index (χ2n) is 13.4. The molecule has 4 aliphatic carbocycles. The van der Waals surface area contributed by atoms with Gasteiger partial charge in [0.25, 0.3) is 0 Å². The van der Waals surface area contributed by atoms with Crippen LogP contribution in [-0.4, -0.2) is 21.9 Å². The van der Waals surface area contributed by atoms with Gasteiger partial charge in [-0.2, -0.15) is 0 Å². The number of aliphatic hydroxyl groups is 2. The summed E-state index contributed by atoms with van der Waals surface area (Å²) in [5.41, 5.74) is 2.33. The van der Waals surface area contributed by atoms with E-state index in [1.165, 1.54) is 5.57 Å². The highest BCUT2D eigenvalue weighted by Gasteiger charge is 2.69. The van der Waals surface area contributed by atoms with Crippen LogP contribution in [0, 0.1) is 39.4 Å². The van der Waals surface area contributed by atoms with Crippen molar-refractivity contribution in [1.82, 2.24) is 0 Å². The molecule has 3 saturated carbocycles. The third-order valence-electron chi connectivity index (χ3n) is 11.6. The summed E-state index contributed by atoms with van der Waals surface area (Å²) in [6.45, 7) is 18.5.